The molecule has 0 saturated carbocycles. The largest absolute Gasteiger partial charge is 0.457 e. The predicted octanol–water partition coefficient (Wildman–Crippen LogP) is 19.4. The van der Waals surface area contributed by atoms with Crippen molar-refractivity contribution >= 4 is 17.6 Å². The summed E-state index contributed by atoms with van der Waals surface area (Å²) in [6.45, 7) is 36.7. The standard InChI is InChI=1S/C77H114N2O4/c1-60(67-42-40-63(41-43-67)56-79-55-62-34-38-65(39-35-62)59-83-73(80)68-51-71(76(8,9)10)54-72(52-68)77(11,12)13)48-61-32-36-64(37-33-61)58-82-47-31-27-23-19-18-22-26-30-46-81-45-29-25-21-17-15-14-16-20-24-28-44-78-57-66-49-69(74(2,3)4)53-70(50-66)75(5,6)7/h32-43,48-54,78-79H,14-31,44-47,55-59H2,1-13H3/p+1/b60-48-. The third-order valence-electron chi connectivity index (χ3n) is 16.4. The zero-order chi connectivity index (χ0) is 60.1. The number of hydrogen-bond acceptors (Lipinski definition) is 5. The first-order valence-electron chi connectivity index (χ1n) is 32.6. The number of hydrogen-bond donors (Lipinski definition) is 2. The minimum atomic E-state index is -0.285. The van der Waals surface area contributed by atoms with Crippen LogP contribution >= 0.6 is 0 Å². The van der Waals surface area contributed by atoms with Crippen LogP contribution in [0, 0.1) is 0 Å². The van der Waals surface area contributed by atoms with E-state index >= 15 is 0 Å². The highest BCUT2D eigenvalue weighted by molar-refractivity contribution is 5.90. The van der Waals surface area contributed by atoms with E-state index in [1.807, 2.05) is 24.3 Å². The molecule has 0 aliphatic rings. The Morgan fingerprint density at radius 1 is 0.410 bits per heavy atom. The van der Waals surface area contributed by atoms with Crippen molar-refractivity contribution in [2.24, 2.45) is 0 Å². The zero-order valence-electron chi connectivity index (χ0n) is 54.8. The van der Waals surface area contributed by atoms with Crippen LogP contribution in [0.5, 0.6) is 0 Å². The summed E-state index contributed by atoms with van der Waals surface area (Å²) in [4.78, 5) is 13.2. The summed E-state index contributed by atoms with van der Waals surface area (Å²) in [6.07, 6.45) is 26.0. The molecule has 0 radical (unpaired) electrons. The van der Waals surface area contributed by atoms with Gasteiger partial charge in [0, 0.05) is 38.5 Å². The van der Waals surface area contributed by atoms with E-state index in [2.05, 4.69) is 192 Å². The average molecular weight is 1130 g/mol. The van der Waals surface area contributed by atoms with Crippen molar-refractivity contribution in [3.05, 3.63) is 176 Å². The van der Waals surface area contributed by atoms with Gasteiger partial charge in [-0.1, -0.05) is 258 Å². The molecule has 0 unspecified atom stereocenters. The highest BCUT2D eigenvalue weighted by Crippen LogP contribution is 2.32. The van der Waals surface area contributed by atoms with E-state index in [-0.39, 0.29) is 34.2 Å². The molecule has 0 aliphatic carbocycles. The fourth-order valence-corrected chi connectivity index (χ4v) is 10.5. The molecular weight excluding hydrogens is 1020 g/mol. The van der Waals surface area contributed by atoms with Gasteiger partial charge in [-0.05, 0) is 146 Å². The van der Waals surface area contributed by atoms with Crippen LogP contribution in [-0.2, 0) is 68.7 Å². The summed E-state index contributed by atoms with van der Waals surface area (Å²) in [5, 5.41) is 6.10. The van der Waals surface area contributed by atoms with Gasteiger partial charge in [0.1, 0.15) is 13.2 Å². The Hall–Kier alpha value is -4.85. The molecule has 0 amide bonds. The maximum atomic E-state index is 13.2. The molecule has 5 aromatic rings. The van der Waals surface area contributed by atoms with Crippen LogP contribution in [0.15, 0.2) is 109 Å². The van der Waals surface area contributed by atoms with Gasteiger partial charge in [-0.25, -0.2) is 4.79 Å². The number of rotatable bonds is 37. The maximum Gasteiger partial charge on any atom is 0.338 e. The van der Waals surface area contributed by atoms with Gasteiger partial charge in [0.15, 0.2) is 0 Å². The van der Waals surface area contributed by atoms with Crippen LogP contribution < -0.4 is 10.6 Å². The molecule has 0 atom stereocenters. The van der Waals surface area contributed by atoms with Gasteiger partial charge in [0.05, 0.1) is 18.7 Å². The fraction of sp³-hybridized carbons (Fsp3) is 0.571. The van der Waals surface area contributed by atoms with Crippen LogP contribution in [0.25, 0.3) is 11.6 Å². The normalized spacial score (nSPS) is 12.6. The molecule has 0 fully saturated rings. The minimum absolute atomic E-state index is 0.0651. The number of carbonyl (C=O) groups is 1. The van der Waals surface area contributed by atoms with Crippen molar-refractivity contribution < 1.29 is 24.3 Å². The summed E-state index contributed by atoms with van der Waals surface area (Å²) in [5.41, 5.74) is 15.8. The summed E-state index contributed by atoms with van der Waals surface area (Å²) < 4.78 is 17.8. The van der Waals surface area contributed by atoms with Crippen LogP contribution in [0.4, 0.5) is 0 Å². The van der Waals surface area contributed by atoms with Gasteiger partial charge in [0.25, 0.3) is 0 Å². The number of allylic oxidation sites excluding steroid dienone is 1. The molecule has 0 saturated heterocycles. The molecular formula is C77H115N2O4+. The third-order valence-corrected chi connectivity index (χ3v) is 16.4. The second-order valence-electron chi connectivity index (χ2n) is 28.3. The number of esters is 1. The molecule has 456 valence electrons. The fourth-order valence-electron chi connectivity index (χ4n) is 10.5. The number of nitrogens with one attached hydrogen (secondary N) is 1. The number of carbonyl (C=O) groups excluding carboxylic acids is 1. The van der Waals surface area contributed by atoms with E-state index in [4.69, 9.17) is 14.2 Å². The van der Waals surface area contributed by atoms with Crippen LogP contribution in [0.2, 0.25) is 0 Å². The summed E-state index contributed by atoms with van der Waals surface area (Å²) in [5.74, 6) is -0.285. The quantitative estimate of drug-likeness (QED) is 0.0236. The molecule has 5 aromatic carbocycles. The minimum Gasteiger partial charge on any atom is -0.457 e. The molecule has 3 N–H and O–H groups in total. The van der Waals surface area contributed by atoms with E-state index < -0.39 is 0 Å². The molecule has 5 rings (SSSR count). The van der Waals surface area contributed by atoms with Gasteiger partial charge in [-0.3, -0.25) is 0 Å². The highest BCUT2D eigenvalue weighted by atomic mass is 16.5. The smallest absolute Gasteiger partial charge is 0.338 e. The Labute approximate surface area is 507 Å². The average Bonchev–Trinajstić information content (AvgIpc) is 3.59. The first-order valence-corrected chi connectivity index (χ1v) is 32.6. The lowest BCUT2D eigenvalue weighted by atomic mass is 9.79. The second-order valence-corrected chi connectivity index (χ2v) is 28.3. The predicted molar refractivity (Wildman–Crippen MR) is 354 cm³/mol. The van der Waals surface area contributed by atoms with Gasteiger partial charge in [0.2, 0.25) is 0 Å². The van der Waals surface area contributed by atoms with Crippen molar-refractivity contribution in [1.29, 1.82) is 0 Å². The van der Waals surface area contributed by atoms with Crippen molar-refractivity contribution in [3.63, 3.8) is 0 Å². The van der Waals surface area contributed by atoms with Crippen LogP contribution in [0.1, 0.15) is 277 Å². The number of unbranched alkanes of at least 4 members (excludes halogenated alkanes) is 16. The molecule has 0 bridgehead atoms. The summed E-state index contributed by atoms with van der Waals surface area (Å²) >= 11 is 0. The Morgan fingerprint density at radius 2 is 0.783 bits per heavy atom. The van der Waals surface area contributed by atoms with E-state index in [0.717, 1.165) is 62.6 Å². The highest BCUT2D eigenvalue weighted by Gasteiger charge is 2.24. The van der Waals surface area contributed by atoms with E-state index in [1.54, 1.807) is 0 Å². The first-order chi connectivity index (χ1) is 39.5. The van der Waals surface area contributed by atoms with Gasteiger partial charge in [-0.15, -0.1) is 0 Å². The van der Waals surface area contributed by atoms with Crippen LogP contribution in [-0.4, -0.2) is 32.3 Å². The Morgan fingerprint density at radius 3 is 1.24 bits per heavy atom. The molecule has 83 heavy (non-hydrogen) atoms. The third kappa shape index (κ3) is 27.4. The van der Waals surface area contributed by atoms with E-state index in [9.17, 15) is 4.79 Å². The lowest BCUT2D eigenvalue weighted by Gasteiger charge is -2.26. The van der Waals surface area contributed by atoms with Gasteiger partial charge in [-0.2, -0.15) is 0 Å². The SMILES string of the molecule is C/C(=C/c1ccc(COCCCCCCCCCCOCCCCCCCCCCCC[NH2+]Cc2cc(C(C)(C)C)cc(C(C)(C)C)c2)cc1)c1ccc(CNCc2ccc(COC(=O)c3cc(C(C)(C)C)cc(C(C)(C)C)c3)cc2)cc1. The van der Waals surface area contributed by atoms with Crippen molar-refractivity contribution in [3.8, 4) is 0 Å². The topological polar surface area (TPSA) is 73.4 Å². The number of nitrogens with two attached hydrogens (primary N) is 1. The van der Waals surface area contributed by atoms with Crippen molar-refractivity contribution in [2.75, 3.05) is 26.4 Å². The Kier molecular flexibility index (Phi) is 29.5. The second kappa shape index (κ2) is 35.6. The molecule has 0 heterocycles. The summed E-state index contributed by atoms with van der Waals surface area (Å²) in [6, 6.07) is 39.4. The lowest BCUT2D eigenvalue weighted by Crippen LogP contribution is -2.82. The molecule has 0 aliphatic heterocycles. The molecule has 0 spiro atoms. The number of benzene rings is 5. The zero-order valence-corrected chi connectivity index (χ0v) is 54.8. The lowest BCUT2D eigenvalue weighted by molar-refractivity contribution is -0.671. The number of ether oxygens (including phenoxy) is 3. The molecule has 6 nitrogen and oxygen atoms in total. The van der Waals surface area contributed by atoms with Gasteiger partial charge >= 0.3 is 5.97 Å². The van der Waals surface area contributed by atoms with Gasteiger partial charge < -0.3 is 24.8 Å². The summed E-state index contributed by atoms with van der Waals surface area (Å²) in [7, 11) is 0. The van der Waals surface area contributed by atoms with Crippen molar-refractivity contribution in [2.45, 2.75) is 260 Å². The Balaban J connectivity index is 0.791. The molecule has 0 aromatic heterocycles. The van der Waals surface area contributed by atoms with E-state index in [0.29, 0.717) is 12.2 Å². The monoisotopic (exact) mass is 1130 g/mol. The van der Waals surface area contributed by atoms with Crippen molar-refractivity contribution in [1.82, 2.24) is 5.32 Å². The van der Waals surface area contributed by atoms with E-state index in [1.165, 1.54) is 166 Å². The maximum absolute atomic E-state index is 13.2. The number of quaternary nitrogens is 1. The van der Waals surface area contributed by atoms with Crippen LogP contribution in [0.3, 0.4) is 0 Å². The first kappa shape index (κ1) is 68.9. The molecule has 6 heteroatoms. The Bertz CT molecular complexity index is 2570.